The minimum atomic E-state index is -0.0834. The van der Waals surface area contributed by atoms with E-state index < -0.39 is 0 Å². The molecule has 0 aromatic heterocycles. The van der Waals surface area contributed by atoms with Gasteiger partial charge in [-0.15, -0.1) is 0 Å². The molecule has 2 aromatic carbocycles. The number of rotatable bonds is 4. The van der Waals surface area contributed by atoms with E-state index >= 15 is 0 Å². The van der Waals surface area contributed by atoms with Crippen LogP contribution in [0, 0.1) is 0 Å². The largest absolute Gasteiger partial charge is 0.366 e. The van der Waals surface area contributed by atoms with Gasteiger partial charge in [-0.2, -0.15) is 0 Å². The molecule has 0 aliphatic rings. The van der Waals surface area contributed by atoms with Crippen LogP contribution in [0.1, 0.15) is 37.2 Å². The maximum absolute atomic E-state index is 6.17. The molecule has 100 valence electrons. The van der Waals surface area contributed by atoms with Gasteiger partial charge >= 0.3 is 0 Å². The lowest BCUT2D eigenvalue weighted by Crippen LogP contribution is -2.06. The first-order chi connectivity index (χ1) is 9.09. The van der Waals surface area contributed by atoms with E-state index in [1.807, 2.05) is 62.4 Å². The van der Waals surface area contributed by atoms with Crippen LogP contribution < -0.4 is 0 Å². The molecule has 0 amide bonds. The number of hydrogen-bond donors (Lipinski definition) is 0. The van der Waals surface area contributed by atoms with Gasteiger partial charge in [-0.05, 0) is 37.1 Å². The van der Waals surface area contributed by atoms with Gasteiger partial charge in [0.05, 0.1) is 12.2 Å². The first-order valence-corrected chi connectivity index (χ1v) is 6.99. The van der Waals surface area contributed by atoms with Crippen LogP contribution in [-0.2, 0) is 4.74 Å². The fourth-order valence-electron chi connectivity index (χ4n) is 2.06. The van der Waals surface area contributed by atoms with Crippen LogP contribution in [0.3, 0.4) is 0 Å². The molecule has 0 fully saturated rings. The molecule has 0 N–H and O–H groups in total. The number of hydrogen-bond acceptors (Lipinski definition) is 1. The van der Waals surface area contributed by atoms with E-state index in [4.69, 9.17) is 27.9 Å². The van der Waals surface area contributed by atoms with Gasteiger partial charge in [0.2, 0.25) is 0 Å². The van der Waals surface area contributed by atoms with Crippen molar-refractivity contribution in [3.8, 4) is 0 Å². The Balaban J connectivity index is 2.13. The Bertz CT molecular complexity index is 504. The van der Waals surface area contributed by atoms with Crippen LogP contribution in [0.15, 0.2) is 48.5 Å². The Morgan fingerprint density at radius 3 is 1.47 bits per heavy atom. The zero-order valence-corrected chi connectivity index (χ0v) is 12.4. The summed E-state index contributed by atoms with van der Waals surface area (Å²) in [6.07, 6.45) is -0.167. The highest BCUT2D eigenvalue weighted by Crippen LogP contribution is 2.32. The molecule has 0 spiro atoms. The number of ether oxygens (including phenoxy) is 1. The monoisotopic (exact) mass is 294 g/mol. The molecule has 0 bridgehead atoms. The molecule has 2 aromatic rings. The quantitative estimate of drug-likeness (QED) is 0.689. The Kier molecular flexibility index (Phi) is 4.87. The lowest BCUT2D eigenvalue weighted by Gasteiger charge is -2.21. The number of halogens is 2. The summed E-state index contributed by atoms with van der Waals surface area (Å²) in [5, 5.41) is 1.45. The Labute approximate surface area is 124 Å². The van der Waals surface area contributed by atoms with Crippen LogP contribution in [0.5, 0.6) is 0 Å². The molecule has 0 heterocycles. The molecule has 1 nitrogen and oxygen atoms in total. The van der Waals surface area contributed by atoms with E-state index in [-0.39, 0.29) is 12.2 Å². The van der Waals surface area contributed by atoms with Crippen molar-refractivity contribution in [3.05, 3.63) is 69.7 Å². The Hall–Kier alpha value is -1.02. The van der Waals surface area contributed by atoms with Crippen LogP contribution in [0.4, 0.5) is 0 Å². The average Bonchev–Trinajstić information content (AvgIpc) is 2.39. The minimum Gasteiger partial charge on any atom is -0.366 e. The first kappa shape index (κ1) is 14.4. The van der Waals surface area contributed by atoms with Crippen molar-refractivity contribution in [3.63, 3.8) is 0 Å². The van der Waals surface area contributed by atoms with Crippen molar-refractivity contribution >= 4 is 23.2 Å². The summed E-state index contributed by atoms with van der Waals surface area (Å²) in [6.45, 7) is 3.99. The van der Waals surface area contributed by atoms with Gasteiger partial charge in [-0.1, -0.05) is 59.6 Å². The maximum atomic E-state index is 6.17. The van der Waals surface area contributed by atoms with Crippen LogP contribution >= 0.6 is 23.2 Å². The molecule has 0 radical (unpaired) electrons. The van der Waals surface area contributed by atoms with Crippen molar-refractivity contribution < 1.29 is 4.74 Å². The second-order valence-electron chi connectivity index (χ2n) is 4.46. The summed E-state index contributed by atoms with van der Waals surface area (Å²) in [5.41, 5.74) is 1.98. The minimum absolute atomic E-state index is 0.0834. The van der Waals surface area contributed by atoms with Gasteiger partial charge in [0.1, 0.15) is 0 Å². The lowest BCUT2D eigenvalue weighted by molar-refractivity contribution is 0.00598. The molecule has 0 aliphatic heterocycles. The number of benzene rings is 2. The summed E-state index contributed by atoms with van der Waals surface area (Å²) in [5.74, 6) is 0. The summed E-state index contributed by atoms with van der Waals surface area (Å²) in [4.78, 5) is 0. The molecule has 2 atom stereocenters. The van der Waals surface area contributed by atoms with E-state index in [0.717, 1.165) is 21.2 Å². The fourth-order valence-corrected chi connectivity index (χ4v) is 2.64. The zero-order chi connectivity index (χ0) is 13.8. The highest BCUT2D eigenvalue weighted by molar-refractivity contribution is 6.31. The fraction of sp³-hybridized carbons (Fsp3) is 0.250. The van der Waals surface area contributed by atoms with Crippen molar-refractivity contribution in [2.75, 3.05) is 0 Å². The van der Waals surface area contributed by atoms with Gasteiger partial charge < -0.3 is 4.74 Å². The summed E-state index contributed by atoms with van der Waals surface area (Å²) in [6, 6.07) is 15.4. The maximum Gasteiger partial charge on any atom is 0.0819 e. The Morgan fingerprint density at radius 2 is 1.11 bits per heavy atom. The van der Waals surface area contributed by atoms with Gasteiger partial charge in [0, 0.05) is 10.0 Å². The summed E-state index contributed by atoms with van der Waals surface area (Å²) in [7, 11) is 0. The van der Waals surface area contributed by atoms with Crippen LogP contribution in [0.25, 0.3) is 0 Å². The zero-order valence-electron chi connectivity index (χ0n) is 10.9. The van der Waals surface area contributed by atoms with Crippen molar-refractivity contribution in [2.45, 2.75) is 26.1 Å². The summed E-state index contributed by atoms with van der Waals surface area (Å²) >= 11 is 12.3. The average molecular weight is 295 g/mol. The highest BCUT2D eigenvalue weighted by Gasteiger charge is 2.16. The Morgan fingerprint density at radius 1 is 0.737 bits per heavy atom. The van der Waals surface area contributed by atoms with Crippen molar-refractivity contribution in [1.29, 1.82) is 0 Å². The third-order valence-electron chi connectivity index (χ3n) is 3.09. The van der Waals surface area contributed by atoms with Gasteiger partial charge in [-0.25, -0.2) is 0 Å². The summed E-state index contributed by atoms with van der Waals surface area (Å²) < 4.78 is 6.02. The van der Waals surface area contributed by atoms with Gasteiger partial charge in [0.25, 0.3) is 0 Å². The third kappa shape index (κ3) is 3.50. The molecule has 19 heavy (non-hydrogen) atoms. The predicted octanol–water partition coefficient (Wildman–Crippen LogP) is 5.83. The van der Waals surface area contributed by atoms with Crippen LogP contribution in [0.2, 0.25) is 10.0 Å². The molecule has 2 rings (SSSR count). The first-order valence-electron chi connectivity index (χ1n) is 6.24. The second-order valence-corrected chi connectivity index (χ2v) is 5.28. The van der Waals surface area contributed by atoms with E-state index in [1.165, 1.54) is 0 Å². The SMILES string of the molecule is C[C@@H](O[C@H](C)c1ccccc1Cl)c1ccccc1Cl. The molecular formula is C16H16Cl2O. The second kappa shape index (κ2) is 6.42. The highest BCUT2D eigenvalue weighted by atomic mass is 35.5. The molecule has 0 aliphatic carbocycles. The normalized spacial score (nSPS) is 14.1. The lowest BCUT2D eigenvalue weighted by atomic mass is 10.1. The topological polar surface area (TPSA) is 9.23 Å². The molecule has 0 saturated heterocycles. The molecule has 0 unspecified atom stereocenters. The van der Waals surface area contributed by atoms with E-state index in [0.29, 0.717) is 0 Å². The molecule has 0 saturated carbocycles. The van der Waals surface area contributed by atoms with Crippen LogP contribution in [-0.4, -0.2) is 0 Å². The molecule has 3 heteroatoms. The van der Waals surface area contributed by atoms with E-state index in [2.05, 4.69) is 0 Å². The standard InChI is InChI=1S/C16H16Cl2O/c1-11(13-7-3-5-9-15(13)17)19-12(2)14-8-4-6-10-16(14)18/h3-12H,1-2H3/t11-,12-/m1/s1. The molecular weight excluding hydrogens is 279 g/mol. The smallest absolute Gasteiger partial charge is 0.0819 e. The van der Waals surface area contributed by atoms with Gasteiger partial charge in [0.15, 0.2) is 0 Å². The van der Waals surface area contributed by atoms with Gasteiger partial charge in [-0.3, -0.25) is 0 Å². The van der Waals surface area contributed by atoms with Crippen molar-refractivity contribution in [2.24, 2.45) is 0 Å². The van der Waals surface area contributed by atoms with Crippen molar-refractivity contribution in [1.82, 2.24) is 0 Å². The van der Waals surface area contributed by atoms with E-state index in [1.54, 1.807) is 0 Å². The third-order valence-corrected chi connectivity index (χ3v) is 3.78. The van der Waals surface area contributed by atoms with E-state index in [9.17, 15) is 0 Å². The predicted molar refractivity (Wildman–Crippen MR) is 80.8 cm³/mol.